The Bertz CT molecular complexity index is 889. The molecule has 0 heterocycles. The Kier molecular flexibility index (Phi) is 9.18. The molecule has 2 aromatic rings. The highest BCUT2D eigenvalue weighted by molar-refractivity contribution is 9.10. The number of benzene rings is 2. The molecule has 0 aliphatic rings. The van der Waals surface area contributed by atoms with Gasteiger partial charge in [-0.2, -0.15) is 0 Å². The molecule has 2 amide bonds. The second-order valence-electron chi connectivity index (χ2n) is 7.63. The minimum absolute atomic E-state index is 0.188. The minimum atomic E-state index is -0.639. The Balaban J connectivity index is 2.17. The molecule has 162 valence electrons. The first-order chi connectivity index (χ1) is 14.2. The van der Waals surface area contributed by atoms with Crippen molar-refractivity contribution in [1.29, 1.82) is 0 Å². The lowest BCUT2D eigenvalue weighted by atomic mass is 10.1. The number of amides is 2. The third kappa shape index (κ3) is 7.03. The zero-order chi connectivity index (χ0) is 22.3. The van der Waals surface area contributed by atoms with Crippen LogP contribution in [0.1, 0.15) is 31.9 Å². The Hall–Kier alpha value is -2.05. The fourth-order valence-electron chi connectivity index (χ4n) is 2.82. The number of nitrogens with zero attached hydrogens (tertiary/aromatic N) is 1. The number of carbonyl (C=O) groups is 2. The van der Waals surface area contributed by atoms with Gasteiger partial charge in [0.1, 0.15) is 11.8 Å². The second kappa shape index (κ2) is 11.4. The molecule has 0 radical (unpaired) electrons. The first-order valence-corrected chi connectivity index (χ1v) is 11.1. The summed E-state index contributed by atoms with van der Waals surface area (Å²) in [6.45, 7) is 8.43. The molecule has 0 aliphatic heterocycles. The van der Waals surface area contributed by atoms with E-state index in [0.29, 0.717) is 29.8 Å². The van der Waals surface area contributed by atoms with Crippen molar-refractivity contribution in [3.8, 4) is 5.75 Å². The topological polar surface area (TPSA) is 58.6 Å². The van der Waals surface area contributed by atoms with E-state index in [4.69, 9.17) is 16.3 Å². The fraction of sp³-hybridized carbons (Fsp3) is 0.391. The normalized spacial score (nSPS) is 11.8. The molecule has 0 aliphatic carbocycles. The summed E-state index contributed by atoms with van der Waals surface area (Å²) in [5.74, 6) is 0.266. The van der Waals surface area contributed by atoms with Crippen LogP contribution < -0.4 is 10.1 Å². The summed E-state index contributed by atoms with van der Waals surface area (Å²) in [5.41, 5.74) is 2.04. The first kappa shape index (κ1) is 24.2. The molecular formula is C23H28BrClN2O3. The lowest BCUT2D eigenvalue weighted by Crippen LogP contribution is -2.49. The van der Waals surface area contributed by atoms with Crippen LogP contribution in [-0.4, -0.2) is 35.9 Å². The molecule has 0 bridgehead atoms. The Labute approximate surface area is 191 Å². The Morgan fingerprint density at radius 1 is 1.17 bits per heavy atom. The van der Waals surface area contributed by atoms with Gasteiger partial charge < -0.3 is 15.0 Å². The smallest absolute Gasteiger partial charge is 0.261 e. The van der Waals surface area contributed by atoms with E-state index in [0.717, 1.165) is 15.6 Å². The third-order valence-corrected chi connectivity index (χ3v) is 5.49. The van der Waals surface area contributed by atoms with Gasteiger partial charge in [-0.1, -0.05) is 65.6 Å². The summed E-state index contributed by atoms with van der Waals surface area (Å²) < 4.78 is 6.48. The average Bonchev–Trinajstić information content (AvgIpc) is 2.70. The lowest BCUT2D eigenvalue weighted by molar-refractivity contribution is -0.142. The molecule has 5 nitrogen and oxygen atoms in total. The van der Waals surface area contributed by atoms with Gasteiger partial charge in [0.25, 0.3) is 5.91 Å². The van der Waals surface area contributed by atoms with Crippen LogP contribution in [0.25, 0.3) is 0 Å². The molecule has 1 unspecified atom stereocenters. The maximum Gasteiger partial charge on any atom is 0.261 e. The molecule has 2 rings (SSSR count). The molecule has 1 atom stereocenters. The molecule has 2 aromatic carbocycles. The van der Waals surface area contributed by atoms with Gasteiger partial charge in [-0.25, -0.2) is 0 Å². The molecule has 1 N–H and O–H groups in total. The van der Waals surface area contributed by atoms with Crippen LogP contribution >= 0.6 is 27.5 Å². The maximum atomic E-state index is 13.1. The van der Waals surface area contributed by atoms with E-state index < -0.39 is 6.04 Å². The molecule has 0 saturated carbocycles. The van der Waals surface area contributed by atoms with Crippen molar-refractivity contribution in [2.75, 3.05) is 13.2 Å². The SMILES string of the molecule is Cc1ccccc1CN(C(=O)COc1ccc(Br)cc1Cl)C(C)C(=O)NCC(C)C. The van der Waals surface area contributed by atoms with Crippen molar-refractivity contribution < 1.29 is 14.3 Å². The Morgan fingerprint density at radius 3 is 2.50 bits per heavy atom. The Morgan fingerprint density at radius 2 is 1.87 bits per heavy atom. The first-order valence-electron chi connectivity index (χ1n) is 9.88. The van der Waals surface area contributed by atoms with E-state index in [1.54, 1.807) is 30.0 Å². The third-order valence-electron chi connectivity index (χ3n) is 4.70. The number of hydrogen-bond acceptors (Lipinski definition) is 3. The van der Waals surface area contributed by atoms with Gasteiger partial charge in [-0.3, -0.25) is 9.59 Å². The highest BCUT2D eigenvalue weighted by Crippen LogP contribution is 2.27. The van der Waals surface area contributed by atoms with E-state index in [9.17, 15) is 9.59 Å². The van der Waals surface area contributed by atoms with Crippen LogP contribution in [-0.2, 0) is 16.1 Å². The number of halogens is 2. The lowest BCUT2D eigenvalue weighted by Gasteiger charge is -2.29. The van der Waals surface area contributed by atoms with E-state index in [-0.39, 0.29) is 18.4 Å². The van der Waals surface area contributed by atoms with Crippen molar-refractivity contribution in [3.63, 3.8) is 0 Å². The number of aryl methyl sites for hydroxylation is 1. The van der Waals surface area contributed by atoms with Gasteiger partial charge in [0.05, 0.1) is 5.02 Å². The standard InChI is InChI=1S/C23H28BrClN2O3/c1-15(2)12-26-23(29)17(4)27(13-18-8-6-5-7-16(18)3)22(28)14-30-21-10-9-19(24)11-20(21)25/h5-11,15,17H,12-14H2,1-4H3,(H,26,29). The molecule has 0 spiro atoms. The van der Waals surface area contributed by atoms with Gasteiger partial charge in [-0.05, 0) is 49.1 Å². The minimum Gasteiger partial charge on any atom is -0.482 e. The van der Waals surface area contributed by atoms with E-state index in [1.807, 2.05) is 45.0 Å². The maximum absolute atomic E-state index is 13.1. The molecule has 0 saturated heterocycles. The van der Waals surface area contributed by atoms with E-state index >= 15 is 0 Å². The van der Waals surface area contributed by atoms with Gasteiger partial charge in [-0.15, -0.1) is 0 Å². The number of ether oxygens (including phenoxy) is 1. The van der Waals surface area contributed by atoms with Gasteiger partial charge >= 0.3 is 0 Å². The highest BCUT2D eigenvalue weighted by Gasteiger charge is 2.27. The number of carbonyl (C=O) groups excluding carboxylic acids is 2. The molecular weight excluding hydrogens is 468 g/mol. The summed E-state index contributed by atoms with van der Waals surface area (Å²) in [7, 11) is 0. The zero-order valence-electron chi connectivity index (χ0n) is 17.7. The predicted octanol–water partition coefficient (Wildman–Crippen LogP) is 4.98. The second-order valence-corrected chi connectivity index (χ2v) is 8.95. The van der Waals surface area contributed by atoms with Gasteiger partial charge in [0, 0.05) is 17.6 Å². The fourth-order valence-corrected chi connectivity index (χ4v) is 3.55. The summed E-state index contributed by atoms with van der Waals surface area (Å²) in [6.07, 6.45) is 0. The van der Waals surface area contributed by atoms with Crippen molar-refractivity contribution in [3.05, 3.63) is 63.1 Å². The quantitative estimate of drug-likeness (QED) is 0.534. The molecule has 0 aromatic heterocycles. The van der Waals surface area contributed by atoms with Crippen molar-refractivity contribution in [2.45, 2.75) is 40.3 Å². The summed E-state index contributed by atoms with van der Waals surface area (Å²) in [4.78, 5) is 27.3. The van der Waals surface area contributed by atoms with Crippen LogP contribution in [0.15, 0.2) is 46.9 Å². The van der Waals surface area contributed by atoms with Crippen molar-refractivity contribution >= 4 is 39.3 Å². The zero-order valence-corrected chi connectivity index (χ0v) is 20.1. The van der Waals surface area contributed by atoms with Crippen LogP contribution in [0.4, 0.5) is 0 Å². The summed E-state index contributed by atoms with van der Waals surface area (Å²) >= 11 is 9.53. The number of rotatable bonds is 9. The van der Waals surface area contributed by atoms with Crippen LogP contribution in [0, 0.1) is 12.8 Å². The largest absolute Gasteiger partial charge is 0.482 e. The summed E-state index contributed by atoms with van der Waals surface area (Å²) in [6, 6.07) is 12.4. The monoisotopic (exact) mass is 494 g/mol. The summed E-state index contributed by atoms with van der Waals surface area (Å²) in [5, 5.41) is 3.31. The van der Waals surface area contributed by atoms with E-state index in [1.165, 1.54) is 0 Å². The molecule has 30 heavy (non-hydrogen) atoms. The molecule has 7 heteroatoms. The average molecular weight is 496 g/mol. The van der Waals surface area contributed by atoms with Gasteiger partial charge in [0.2, 0.25) is 5.91 Å². The van der Waals surface area contributed by atoms with Crippen LogP contribution in [0.5, 0.6) is 5.75 Å². The number of hydrogen-bond donors (Lipinski definition) is 1. The van der Waals surface area contributed by atoms with Crippen molar-refractivity contribution in [1.82, 2.24) is 10.2 Å². The van der Waals surface area contributed by atoms with Gasteiger partial charge in [0.15, 0.2) is 6.61 Å². The van der Waals surface area contributed by atoms with E-state index in [2.05, 4.69) is 21.2 Å². The van der Waals surface area contributed by atoms with Crippen LogP contribution in [0.3, 0.4) is 0 Å². The highest BCUT2D eigenvalue weighted by atomic mass is 79.9. The molecule has 0 fully saturated rings. The van der Waals surface area contributed by atoms with Crippen molar-refractivity contribution in [2.24, 2.45) is 5.92 Å². The van der Waals surface area contributed by atoms with Crippen LogP contribution in [0.2, 0.25) is 5.02 Å². The number of nitrogens with one attached hydrogen (secondary N) is 1. The predicted molar refractivity (Wildman–Crippen MR) is 124 cm³/mol.